The van der Waals surface area contributed by atoms with Crippen molar-refractivity contribution in [3.63, 3.8) is 0 Å². The molecule has 1 aliphatic carbocycles. The Kier molecular flexibility index (Phi) is 6.59. The molecule has 0 bridgehead atoms. The smallest absolute Gasteiger partial charge is 0.407 e. The zero-order valence-corrected chi connectivity index (χ0v) is 19.9. The number of anilines is 1. The van der Waals surface area contributed by atoms with Crippen molar-refractivity contribution in [3.05, 3.63) is 71.4 Å². The average Bonchev–Trinajstić information content (AvgIpc) is 3.34. The average molecular weight is 477 g/mol. The Morgan fingerprint density at radius 3 is 2.23 bits per heavy atom. The lowest BCUT2D eigenvalue weighted by Gasteiger charge is -2.24. The number of nitrogens with one attached hydrogen (secondary N) is 2. The molecule has 1 aliphatic rings. The molecule has 2 amide bonds. The summed E-state index contributed by atoms with van der Waals surface area (Å²) in [5.74, 6) is -1.23. The molecule has 0 fully saturated rings. The van der Waals surface area contributed by atoms with Gasteiger partial charge in [0.1, 0.15) is 12.4 Å². The predicted octanol–water partition coefficient (Wildman–Crippen LogP) is 4.01. The summed E-state index contributed by atoms with van der Waals surface area (Å²) in [7, 11) is 1.55. The van der Waals surface area contributed by atoms with Gasteiger partial charge in [0.05, 0.1) is 0 Å². The van der Waals surface area contributed by atoms with Crippen LogP contribution in [0.4, 0.5) is 10.6 Å². The fourth-order valence-corrected chi connectivity index (χ4v) is 4.33. The lowest BCUT2D eigenvalue weighted by Crippen LogP contribution is -2.37. The highest BCUT2D eigenvalue weighted by atomic mass is 16.5. The molecule has 9 heteroatoms. The third kappa shape index (κ3) is 5.34. The normalized spacial score (nSPS) is 12.5. The number of aryl methyl sites for hydroxylation is 1. The van der Waals surface area contributed by atoms with Crippen LogP contribution in [0.15, 0.2) is 54.6 Å². The van der Waals surface area contributed by atoms with Crippen molar-refractivity contribution in [2.45, 2.75) is 26.2 Å². The molecule has 0 spiro atoms. The first-order chi connectivity index (χ1) is 16.6. The summed E-state index contributed by atoms with van der Waals surface area (Å²) in [4.78, 5) is 36.0. The highest BCUT2D eigenvalue weighted by Gasteiger charge is 2.29. The van der Waals surface area contributed by atoms with Crippen molar-refractivity contribution in [1.82, 2.24) is 15.1 Å². The summed E-state index contributed by atoms with van der Waals surface area (Å²) in [5.41, 5.74) is 3.88. The van der Waals surface area contributed by atoms with Gasteiger partial charge in [-0.25, -0.2) is 9.59 Å². The molecule has 4 rings (SSSR count). The summed E-state index contributed by atoms with van der Waals surface area (Å²) in [6.07, 6.45) is -0.442. The number of carbonyl (C=O) groups excluding carboxylic acids is 2. The zero-order valence-electron chi connectivity index (χ0n) is 19.9. The third-order valence-electron chi connectivity index (χ3n) is 6.06. The number of carbonyl (C=O) groups is 3. The molecule has 0 unspecified atom stereocenters. The molecule has 0 radical (unpaired) electrons. The summed E-state index contributed by atoms with van der Waals surface area (Å²) in [6.45, 7) is 4.14. The first-order valence-electron chi connectivity index (χ1n) is 11.3. The second kappa shape index (κ2) is 9.61. The Morgan fingerprint density at radius 2 is 1.66 bits per heavy atom. The van der Waals surface area contributed by atoms with E-state index in [-0.39, 0.29) is 42.9 Å². The van der Waals surface area contributed by atoms with E-state index in [1.807, 2.05) is 38.1 Å². The van der Waals surface area contributed by atoms with Gasteiger partial charge in [0.25, 0.3) is 0 Å². The van der Waals surface area contributed by atoms with E-state index < -0.39 is 17.5 Å². The van der Waals surface area contributed by atoms with Gasteiger partial charge in [0.2, 0.25) is 5.91 Å². The van der Waals surface area contributed by atoms with Crippen LogP contribution in [-0.2, 0) is 16.6 Å². The van der Waals surface area contributed by atoms with E-state index in [4.69, 9.17) is 9.84 Å². The van der Waals surface area contributed by atoms with E-state index in [9.17, 15) is 14.4 Å². The number of hydrogen-bond acceptors (Lipinski definition) is 5. The predicted molar refractivity (Wildman–Crippen MR) is 130 cm³/mol. The van der Waals surface area contributed by atoms with Gasteiger partial charge in [-0.2, -0.15) is 5.10 Å². The lowest BCUT2D eigenvalue weighted by atomic mass is 9.89. The molecule has 3 aromatic rings. The maximum absolute atomic E-state index is 12.5. The number of carboxylic acid groups (broad SMARTS) is 1. The molecule has 1 heterocycles. The van der Waals surface area contributed by atoms with Gasteiger partial charge in [-0.15, -0.1) is 0 Å². The second-order valence-corrected chi connectivity index (χ2v) is 9.41. The molecular formula is C26H28N4O5. The summed E-state index contributed by atoms with van der Waals surface area (Å²) < 4.78 is 6.85. The fraction of sp³-hybridized carbons (Fsp3) is 0.308. The first-order valence-corrected chi connectivity index (χ1v) is 11.3. The van der Waals surface area contributed by atoms with Crippen molar-refractivity contribution >= 4 is 23.8 Å². The molecule has 3 N–H and O–H groups in total. The quantitative estimate of drug-likeness (QED) is 0.451. The Morgan fingerprint density at radius 1 is 1.06 bits per heavy atom. The van der Waals surface area contributed by atoms with Crippen LogP contribution in [0.5, 0.6) is 0 Å². The molecule has 0 atom stereocenters. The second-order valence-electron chi connectivity index (χ2n) is 9.41. The number of aromatic carboxylic acids is 1. The molecule has 1 aromatic heterocycles. The Hall–Kier alpha value is -4.14. The van der Waals surface area contributed by atoms with E-state index in [1.165, 1.54) is 10.7 Å². The number of rotatable bonds is 8. The minimum absolute atomic E-state index is 0.0264. The van der Waals surface area contributed by atoms with Gasteiger partial charge in [0.15, 0.2) is 5.69 Å². The van der Waals surface area contributed by atoms with E-state index in [2.05, 4.69) is 40.0 Å². The van der Waals surface area contributed by atoms with E-state index in [0.29, 0.717) is 0 Å². The zero-order chi connectivity index (χ0) is 25.2. The Labute approximate surface area is 203 Å². The minimum atomic E-state index is -1.17. The number of alkyl carbamates (subject to hydrolysis) is 1. The van der Waals surface area contributed by atoms with Crippen molar-refractivity contribution in [2.75, 3.05) is 18.5 Å². The van der Waals surface area contributed by atoms with Crippen LogP contribution in [0.1, 0.15) is 47.8 Å². The first kappa shape index (κ1) is 24.0. The summed E-state index contributed by atoms with van der Waals surface area (Å²) >= 11 is 0. The minimum Gasteiger partial charge on any atom is -0.476 e. The van der Waals surface area contributed by atoms with Crippen LogP contribution < -0.4 is 10.6 Å². The van der Waals surface area contributed by atoms with Crippen LogP contribution in [0, 0.1) is 5.41 Å². The number of carboxylic acids is 1. The van der Waals surface area contributed by atoms with Crippen LogP contribution in [0.25, 0.3) is 11.1 Å². The maximum atomic E-state index is 12.5. The van der Waals surface area contributed by atoms with Gasteiger partial charge in [-0.3, -0.25) is 9.48 Å². The molecule has 35 heavy (non-hydrogen) atoms. The monoisotopic (exact) mass is 476 g/mol. The standard InChI is InChI=1S/C26H28N4O5/c1-26(2,13-23(31)28-22-12-21(24(32)33)29-30(22)3)15-27-25(34)35-14-20-18-10-6-4-8-16(18)17-9-5-7-11-19(17)20/h4-12,20H,13-15H2,1-3H3,(H,27,34)(H,28,31)(H,32,33). The highest BCUT2D eigenvalue weighted by Crippen LogP contribution is 2.44. The highest BCUT2D eigenvalue weighted by molar-refractivity contribution is 5.92. The molecular weight excluding hydrogens is 448 g/mol. The molecule has 2 aromatic carbocycles. The number of hydrogen-bond donors (Lipinski definition) is 3. The number of benzene rings is 2. The number of aromatic nitrogens is 2. The molecule has 0 saturated heterocycles. The van der Waals surface area contributed by atoms with Gasteiger partial charge in [0, 0.05) is 32.0 Å². The maximum Gasteiger partial charge on any atom is 0.407 e. The number of amides is 2. The summed E-state index contributed by atoms with van der Waals surface area (Å²) in [5, 5.41) is 18.3. The Bertz CT molecular complexity index is 1230. The van der Waals surface area contributed by atoms with Crippen LogP contribution in [0.2, 0.25) is 0 Å². The third-order valence-corrected chi connectivity index (χ3v) is 6.06. The summed E-state index contributed by atoms with van der Waals surface area (Å²) in [6, 6.07) is 17.5. The molecule has 182 valence electrons. The van der Waals surface area contributed by atoms with Crippen molar-refractivity contribution in [2.24, 2.45) is 12.5 Å². The fourth-order valence-electron chi connectivity index (χ4n) is 4.33. The molecule has 0 aliphatic heterocycles. The largest absolute Gasteiger partial charge is 0.476 e. The van der Waals surface area contributed by atoms with Crippen molar-refractivity contribution in [1.29, 1.82) is 0 Å². The van der Waals surface area contributed by atoms with Crippen LogP contribution >= 0.6 is 0 Å². The number of nitrogens with zero attached hydrogens (tertiary/aromatic N) is 2. The van der Waals surface area contributed by atoms with E-state index in [1.54, 1.807) is 7.05 Å². The number of fused-ring (bicyclic) bond motifs is 3. The van der Waals surface area contributed by atoms with Gasteiger partial charge >= 0.3 is 12.1 Å². The SMILES string of the molecule is Cn1nc(C(=O)O)cc1NC(=O)CC(C)(C)CNC(=O)OCC1c2ccccc2-c2ccccc21. The Balaban J connectivity index is 1.29. The molecule has 0 saturated carbocycles. The van der Waals surface area contributed by atoms with Crippen LogP contribution in [-0.4, -0.2) is 46.0 Å². The number of ether oxygens (including phenoxy) is 1. The van der Waals surface area contributed by atoms with Crippen molar-refractivity contribution < 1.29 is 24.2 Å². The van der Waals surface area contributed by atoms with Crippen molar-refractivity contribution in [3.8, 4) is 11.1 Å². The van der Waals surface area contributed by atoms with Gasteiger partial charge < -0.3 is 20.5 Å². The van der Waals surface area contributed by atoms with Crippen LogP contribution in [0.3, 0.4) is 0 Å². The van der Waals surface area contributed by atoms with E-state index >= 15 is 0 Å². The molecule has 9 nitrogen and oxygen atoms in total. The topological polar surface area (TPSA) is 123 Å². The van der Waals surface area contributed by atoms with E-state index in [0.717, 1.165) is 22.3 Å². The van der Waals surface area contributed by atoms with Gasteiger partial charge in [-0.1, -0.05) is 62.4 Å². The van der Waals surface area contributed by atoms with Gasteiger partial charge in [-0.05, 0) is 27.7 Å². The lowest BCUT2D eigenvalue weighted by molar-refractivity contribution is -0.118.